The highest BCUT2D eigenvalue weighted by Gasteiger charge is 2.20. The van der Waals surface area contributed by atoms with Crippen molar-refractivity contribution in [2.45, 2.75) is 32.2 Å². The second kappa shape index (κ2) is 11.5. The predicted molar refractivity (Wildman–Crippen MR) is 133 cm³/mol. The molecule has 0 spiro atoms. The number of fused-ring (bicyclic) bond motifs is 1. The number of primary sulfonamides is 1. The van der Waals surface area contributed by atoms with Gasteiger partial charge in [0.25, 0.3) is 5.91 Å². The van der Waals surface area contributed by atoms with Crippen molar-refractivity contribution >= 4 is 43.5 Å². The zero-order valence-corrected chi connectivity index (χ0v) is 21.9. The number of methoxy groups -OCH3 is 1. The molecule has 1 heterocycles. The van der Waals surface area contributed by atoms with E-state index in [9.17, 15) is 18.0 Å². The molecule has 13 heteroatoms. The van der Waals surface area contributed by atoms with Crippen molar-refractivity contribution in [3.8, 4) is 17.2 Å². The van der Waals surface area contributed by atoms with Crippen molar-refractivity contribution in [1.29, 1.82) is 0 Å². The van der Waals surface area contributed by atoms with Crippen molar-refractivity contribution < 1.29 is 37.0 Å². The van der Waals surface area contributed by atoms with E-state index >= 15 is 0 Å². The fourth-order valence-electron chi connectivity index (χ4n) is 3.33. The summed E-state index contributed by atoms with van der Waals surface area (Å²) in [5.41, 5.74) is 0.665. The van der Waals surface area contributed by atoms with Gasteiger partial charge in [0, 0.05) is 5.56 Å². The molecule has 2 aromatic carbocycles. The normalized spacial score (nSPS) is 12.0. The molecule has 0 aliphatic rings. The molecule has 0 aliphatic carbocycles. The highest BCUT2D eigenvalue weighted by atomic mass is 32.2. The molecule has 0 bridgehead atoms. The second-order valence-electron chi connectivity index (χ2n) is 7.24. The maximum Gasteiger partial charge on any atom is 0.325 e. The first-order chi connectivity index (χ1) is 17.1. The zero-order valence-electron chi connectivity index (χ0n) is 20.3. The molecule has 3 aromatic rings. The van der Waals surface area contributed by atoms with Crippen LogP contribution in [0.25, 0.3) is 10.2 Å². The van der Waals surface area contributed by atoms with Crippen LogP contribution in [0.5, 0.6) is 17.2 Å². The van der Waals surface area contributed by atoms with Gasteiger partial charge in [0.2, 0.25) is 15.8 Å². The van der Waals surface area contributed by atoms with E-state index in [-0.39, 0.29) is 21.8 Å². The van der Waals surface area contributed by atoms with Crippen LogP contribution >= 0.6 is 11.3 Å². The Kier molecular flexibility index (Phi) is 8.71. The summed E-state index contributed by atoms with van der Waals surface area (Å²) in [6.07, 6.45) is 0. The molecule has 0 unspecified atom stereocenters. The summed E-state index contributed by atoms with van der Waals surface area (Å²) in [5.74, 6) is -0.147. The maximum atomic E-state index is 13.2. The summed E-state index contributed by atoms with van der Waals surface area (Å²) in [5, 5.41) is 5.25. The molecule has 2 N–H and O–H groups in total. The number of nitrogens with two attached hydrogens (primary N) is 1. The van der Waals surface area contributed by atoms with Crippen LogP contribution in [0.2, 0.25) is 0 Å². The van der Waals surface area contributed by atoms with Crippen molar-refractivity contribution in [2.75, 3.05) is 26.9 Å². The number of hydrogen-bond donors (Lipinski definition) is 1. The Morgan fingerprint density at radius 3 is 2.14 bits per heavy atom. The molecule has 3 rings (SSSR count). The summed E-state index contributed by atoms with van der Waals surface area (Å²) in [4.78, 5) is 29.6. The Balaban J connectivity index is 2.19. The lowest BCUT2D eigenvalue weighted by atomic mass is 10.1. The first kappa shape index (κ1) is 27.2. The fraction of sp³-hybridized carbons (Fsp3) is 0.348. The average molecular weight is 538 g/mol. The first-order valence-electron chi connectivity index (χ1n) is 11.0. The molecule has 0 fully saturated rings. The third kappa shape index (κ3) is 6.04. The Labute approximate surface area is 212 Å². The molecule has 0 aliphatic heterocycles. The third-order valence-electron chi connectivity index (χ3n) is 4.85. The van der Waals surface area contributed by atoms with E-state index in [0.717, 1.165) is 11.3 Å². The van der Waals surface area contributed by atoms with Gasteiger partial charge in [0.05, 0.1) is 42.0 Å². The number of rotatable bonds is 10. The lowest BCUT2D eigenvalue weighted by Crippen LogP contribution is -2.22. The zero-order chi connectivity index (χ0) is 26.5. The molecule has 36 heavy (non-hydrogen) atoms. The number of aromatic nitrogens is 1. The molecule has 194 valence electrons. The van der Waals surface area contributed by atoms with Crippen LogP contribution in [0.15, 0.2) is 40.2 Å². The van der Waals surface area contributed by atoms with E-state index in [0.29, 0.717) is 47.3 Å². The highest BCUT2D eigenvalue weighted by Crippen LogP contribution is 2.39. The van der Waals surface area contributed by atoms with Gasteiger partial charge < -0.3 is 23.5 Å². The summed E-state index contributed by atoms with van der Waals surface area (Å²) in [6, 6.07) is 7.21. The van der Waals surface area contributed by atoms with Crippen LogP contribution in [0, 0.1) is 0 Å². The van der Waals surface area contributed by atoms with Crippen LogP contribution < -0.4 is 24.2 Å². The van der Waals surface area contributed by atoms with Crippen LogP contribution in [0.4, 0.5) is 0 Å². The van der Waals surface area contributed by atoms with Gasteiger partial charge in [0.15, 0.2) is 16.3 Å². The van der Waals surface area contributed by atoms with E-state index in [1.165, 1.54) is 42.0 Å². The first-order valence-corrected chi connectivity index (χ1v) is 13.4. The Bertz CT molecular complexity index is 1430. The number of benzene rings is 2. The lowest BCUT2D eigenvalue weighted by Gasteiger charge is -2.16. The van der Waals surface area contributed by atoms with Crippen molar-refractivity contribution in [3.05, 3.63) is 40.7 Å². The van der Waals surface area contributed by atoms with Crippen LogP contribution in [-0.4, -0.2) is 51.8 Å². The number of carbonyl (C=O) groups is 2. The minimum absolute atomic E-state index is 0.103. The van der Waals surface area contributed by atoms with Crippen molar-refractivity contribution in [1.82, 2.24) is 4.57 Å². The highest BCUT2D eigenvalue weighted by molar-refractivity contribution is 7.89. The molecule has 1 aromatic heterocycles. The van der Waals surface area contributed by atoms with Crippen LogP contribution in [0.1, 0.15) is 31.1 Å². The van der Waals surface area contributed by atoms with Gasteiger partial charge >= 0.3 is 5.97 Å². The topological polar surface area (TPSA) is 149 Å². The molecule has 0 saturated heterocycles. The standard InChI is InChI=1S/C23H27N3O8S2/c1-5-32-17-10-14(11-18(33-6-2)21(17)34-7-3)22(28)25-23-26(13-20(27)31-4)16-9-8-15(36(24,29)30)12-19(16)35-23/h8-12H,5-7,13H2,1-4H3,(H2,24,29,30). The largest absolute Gasteiger partial charge is 0.490 e. The van der Waals surface area contributed by atoms with Crippen LogP contribution in [0.3, 0.4) is 0 Å². The van der Waals surface area contributed by atoms with E-state index < -0.39 is 21.9 Å². The number of amides is 1. The summed E-state index contributed by atoms with van der Waals surface area (Å²) in [7, 11) is -2.71. The number of nitrogens with zero attached hydrogens (tertiary/aromatic N) is 2. The number of thiazole rings is 1. The molecule has 1 amide bonds. The number of carbonyl (C=O) groups excluding carboxylic acids is 2. The maximum absolute atomic E-state index is 13.2. The van der Waals surface area contributed by atoms with E-state index in [1.807, 2.05) is 6.92 Å². The number of ether oxygens (including phenoxy) is 4. The summed E-state index contributed by atoms with van der Waals surface area (Å²) in [6.45, 7) is 6.23. The van der Waals surface area contributed by atoms with Gasteiger partial charge in [0.1, 0.15) is 6.54 Å². The average Bonchev–Trinajstić information content (AvgIpc) is 3.16. The fourth-order valence-corrected chi connectivity index (χ4v) is 5.01. The molecule has 0 atom stereocenters. The molecule has 0 saturated carbocycles. The Hall–Kier alpha value is -3.42. The predicted octanol–water partition coefficient (Wildman–Crippen LogP) is 2.46. The Morgan fingerprint density at radius 2 is 1.61 bits per heavy atom. The number of esters is 1. The Morgan fingerprint density at radius 1 is 1.00 bits per heavy atom. The number of sulfonamides is 1. The van der Waals surface area contributed by atoms with E-state index in [4.69, 9.17) is 24.1 Å². The third-order valence-corrected chi connectivity index (χ3v) is 6.80. The van der Waals surface area contributed by atoms with E-state index in [1.54, 1.807) is 13.8 Å². The van der Waals surface area contributed by atoms with E-state index in [2.05, 4.69) is 4.99 Å². The second-order valence-corrected chi connectivity index (χ2v) is 9.81. The van der Waals surface area contributed by atoms with Crippen molar-refractivity contribution in [3.63, 3.8) is 0 Å². The van der Waals surface area contributed by atoms with Gasteiger partial charge in [-0.05, 0) is 51.1 Å². The SMILES string of the molecule is CCOc1cc(C(=O)N=c2sc3cc(S(N)(=O)=O)ccc3n2CC(=O)OC)cc(OCC)c1OCC. The van der Waals surface area contributed by atoms with Gasteiger partial charge in [-0.2, -0.15) is 4.99 Å². The summed E-state index contributed by atoms with van der Waals surface area (Å²) < 4.78 is 47.3. The quantitative estimate of drug-likeness (QED) is 0.388. The minimum atomic E-state index is -3.95. The minimum Gasteiger partial charge on any atom is -0.490 e. The summed E-state index contributed by atoms with van der Waals surface area (Å²) >= 11 is 1.03. The van der Waals surface area contributed by atoms with Gasteiger partial charge in [-0.15, -0.1) is 0 Å². The van der Waals surface area contributed by atoms with Gasteiger partial charge in [-0.1, -0.05) is 11.3 Å². The van der Waals surface area contributed by atoms with Gasteiger partial charge in [-0.3, -0.25) is 9.59 Å². The smallest absolute Gasteiger partial charge is 0.325 e. The van der Waals surface area contributed by atoms with Crippen LogP contribution in [-0.2, 0) is 26.1 Å². The molecule has 11 nitrogen and oxygen atoms in total. The molecular formula is C23H27N3O8S2. The molecular weight excluding hydrogens is 510 g/mol. The lowest BCUT2D eigenvalue weighted by molar-refractivity contribution is -0.141. The molecule has 0 radical (unpaired) electrons. The van der Waals surface area contributed by atoms with Crippen molar-refractivity contribution in [2.24, 2.45) is 10.1 Å². The monoisotopic (exact) mass is 537 g/mol. The van der Waals surface area contributed by atoms with Gasteiger partial charge in [-0.25, -0.2) is 13.6 Å². The number of hydrogen-bond acceptors (Lipinski definition) is 9.